The summed E-state index contributed by atoms with van der Waals surface area (Å²) in [6.07, 6.45) is 3.37. The highest BCUT2D eigenvalue weighted by atomic mass is 16.5. The van der Waals surface area contributed by atoms with Crippen molar-refractivity contribution in [3.8, 4) is 0 Å². The van der Waals surface area contributed by atoms with Gasteiger partial charge in [-0.3, -0.25) is 9.59 Å². The normalized spacial score (nSPS) is 18.0. The highest BCUT2D eigenvalue weighted by Crippen LogP contribution is 2.25. The zero-order valence-corrected chi connectivity index (χ0v) is 28.1. The molecule has 0 spiro atoms. The molecular formula is C34H54O12. The van der Waals surface area contributed by atoms with Crippen LogP contribution in [0.5, 0.6) is 0 Å². The second-order valence-electron chi connectivity index (χ2n) is 12.4. The molecule has 0 aliphatic carbocycles. The molecule has 0 fully saturated rings. The Balaban J connectivity index is 4.81. The fraction of sp³-hybridized carbons (Fsp3) is 0.676. The Morgan fingerprint density at radius 1 is 0.761 bits per heavy atom. The predicted molar refractivity (Wildman–Crippen MR) is 171 cm³/mol. The summed E-state index contributed by atoms with van der Waals surface area (Å²) >= 11 is 0. The Bertz CT molecular complexity index is 1120. The van der Waals surface area contributed by atoms with Crippen LogP contribution in [0.3, 0.4) is 0 Å². The van der Waals surface area contributed by atoms with Gasteiger partial charge in [0.15, 0.2) is 0 Å². The Morgan fingerprint density at radius 3 is 1.87 bits per heavy atom. The highest BCUT2D eigenvalue weighted by Gasteiger charge is 2.31. The van der Waals surface area contributed by atoms with E-state index in [4.69, 9.17) is 14.9 Å². The molecule has 0 unspecified atom stereocenters. The minimum atomic E-state index is -1.92. The quantitative estimate of drug-likeness (QED) is 0.0516. The van der Waals surface area contributed by atoms with Crippen LogP contribution in [0.1, 0.15) is 99.8 Å². The molecular weight excluding hydrogens is 600 g/mol. The summed E-state index contributed by atoms with van der Waals surface area (Å²) in [5, 5.41) is 58.5. The van der Waals surface area contributed by atoms with Crippen molar-refractivity contribution >= 4 is 29.7 Å². The number of aliphatic hydroxyl groups excluding tert-OH is 3. The SMILES string of the molecule is CCC(/C=C/C(=O)O)=C\CC[C@H](C)C[C@@H](C)CC[C@H](O)[C@H](C)C(=O)C[C@@H](O)[C@H](C)[C@@H](C)OC(=O)C[C@@H](O)/C(C(=O)O)=C(\C)C(=O)O. The second kappa shape index (κ2) is 21.4. The van der Waals surface area contributed by atoms with Crippen LogP contribution in [0.25, 0.3) is 0 Å². The van der Waals surface area contributed by atoms with E-state index in [2.05, 4.69) is 19.9 Å². The minimum Gasteiger partial charge on any atom is -0.478 e. The number of aliphatic hydroxyl groups is 3. The largest absolute Gasteiger partial charge is 0.478 e. The van der Waals surface area contributed by atoms with Crippen molar-refractivity contribution in [3.05, 3.63) is 34.9 Å². The molecule has 262 valence electrons. The van der Waals surface area contributed by atoms with E-state index in [-0.39, 0.29) is 12.2 Å². The van der Waals surface area contributed by atoms with E-state index in [0.717, 1.165) is 44.3 Å². The molecule has 0 bridgehead atoms. The van der Waals surface area contributed by atoms with Gasteiger partial charge in [0, 0.05) is 29.9 Å². The van der Waals surface area contributed by atoms with Crippen LogP contribution in [0.4, 0.5) is 0 Å². The van der Waals surface area contributed by atoms with Gasteiger partial charge >= 0.3 is 23.9 Å². The first-order chi connectivity index (χ1) is 21.3. The third kappa shape index (κ3) is 16.3. The third-order valence-electron chi connectivity index (χ3n) is 8.48. The van der Waals surface area contributed by atoms with Gasteiger partial charge in [0.1, 0.15) is 11.9 Å². The lowest BCUT2D eigenvalue weighted by atomic mass is 9.85. The number of carbonyl (C=O) groups excluding carboxylic acids is 2. The highest BCUT2D eigenvalue weighted by molar-refractivity contribution is 5.99. The van der Waals surface area contributed by atoms with E-state index in [0.29, 0.717) is 24.7 Å². The summed E-state index contributed by atoms with van der Waals surface area (Å²) in [5.74, 6) is -6.29. The fourth-order valence-corrected chi connectivity index (χ4v) is 5.09. The molecule has 0 amide bonds. The monoisotopic (exact) mass is 654 g/mol. The molecule has 46 heavy (non-hydrogen) atoms. The standard InChI is InChI=1S/C34H54O12/c1-8-25(13-15-30(39)40)11-9-10-19(2)16-20(3)12-14-26(35)22(5)28(37)17-27(36)21(4)24(7)46-31(41)18-29(38)32(34(44)45)23(6)33(42)43/h11,13,15,19-22,24,26-27,29,35-36,38H,8-10,12,14,16-18H2,1-7H3,(H,39,40)(H,42,43)(H,44,45)/b15-13+,25-11+,32-23-/t19-,20-,21+,22-,24+,26-,27+,29+/m0/s1. The summed E-state index contributed by atoms with van der Waals surface area (Å²) in [5.41, 5.74) is -0.481. The van der Waals surface area contributed by atoms with Crippen LogP contribution < -0.4 is 0 Å². The number of ether oxygens (including phenoxy) is 1. The molecule has 0 aromatic rings. The van der Waals surface area contributed by atoms with Crippen LogP contribution in [-0.2, 0) is 28.7 Å². The Labute approximate surface area is 271 Å². The van der Waals surface area contributed by atoms with Crippen LogP contribution in [0, 0.1) is 23.7 Å². The zero-order chi connectivity index (χ0) is 35.7. The first-order valence-electron chi connectivity index (χ1n) is 15.9. The molecule has 0 aromatic carbocycles. The molecule has 0 aliphatic heterocycles. The molecule has 0 saturated carbocycles. The average Bonchev–Trinajstić information content (AvgIpc) is 2.95. The number of ketones is 1. The van der Waals surface area contributed by atoms with Crippen molar-refractivity contribution in [2.24, 2.45) is 23.7 Å². The van der Waals surface area contributed by atoms with Gasteiger partial charge in [-0.15, -0.1) is 0 Å². The molecule has 12 nitrogen and oxygen atoms in total. The van der Waals surface area contributed by atoms with Gasteiger partial charge < -0.3 is 35.4 Å². The first-order valence-corrected chi connectivity index (χ1v) is 15.9. The van der Waals surface area contributed by atoms with Crippen molar-refractivity contribution in [1.29, 1.82) is 0 Å². The van der Waals surface area contributed by atoms with Gasteiger partial charge in [-0.05, 0) is 64.2 Å². The van der Waals surface area contributed by atoms with E-state index in [9.17, 15) is 44.4 Å². The number of hydrogen-bond acceptors (Lipinski definition) is 9. The summed E-state index contributed by atoms with van der Waals surface area (Å²) in [4.78, 5) is 58.4. The van der Waals surface area contributed by atoms with Crippen molar-refractivity contribution < 1.29 is 59.3 Å². The number of carbonyl (C=O) groups is 5. The summed E-state index contributed by atoms with van der Waals surface area (Å²) in [6, 6.07) is 0. The summed E-state index contributed by atoms with van der Waals surface area (Å²) in [6.45, 7) is 11.8. The van der Waals surface area contributed by atoms with Crippen LogP contribution in [0.2, 0.25) is 0 Å². The number of esters is 1. The second-order valence-corrected chi connectivity index (χ2v) is 12.4. The molecule has 0 heterocycles. The van der Waals surface area contributed by atoms with E-state index in [1.807, 2.05) is 6.92 Å². The van der Waals surface area contributed by atoms with Crippen molar-refractivity contribution in [1.82, 2.24) is 0 Å². The molecule has 6 N–H and O–H groups in total. The smallest absolute Gasteiger partial charge is 0.334 e. The van der Waals surface area contributed by atoms with Crippen molar-refractivity contribution in [2.75, 3.05) is 0 Å². The van der Waals surface area contributed by atoms with E-state index in [1.165, 1.54) is 6.92 Å². The maximum absolute atomic E-state index is 12.8. The number of rotatable bonds is 23. The Hall–Kier alpha value is -3.35. The number of allylic oxidation sites excluding steroid dienone is 3. The lowest BCUT2D eigenvalue weighted by Gasteiger charge is -2.27. The van der Waals surface area contributed by atoms with E-state index >= 15 is 0 Å². The van der Waals surface area contributed by atoms with Crippen LogP contribution in [-0.4, -0.2) is 84.7 Å². The summed E-state index contributed by atoms with van der Waals surface area (Å²) < 4.78 is 5.21. The number of carboxylic acids is 3. The van der Waals surface area contributed by atoms with Gasteiger partial charge in [-0.25, -0.2) is 14.4 Å². The van der Waals surface area contributed by atoms with E-state index in [1.54, 1.807) is 19.9 Å². The number of hydrogen-bond donors (Lipinski definition) is 6. The van der Waals surface area contributed by atoms with Crippen LogP contribution >= 0.6 is 0 Å². The number of carboxylic acid groups (broad SMARTS) is 3. The predicted octanol–water partition coefficient (Wildman–Crippen LogP) is 4.31. The topological polar surface area (TPSA) is 216 Å². The van der Waals surface area contributed by atoms with E-state index < -0.39 is 77.7 Å². The molecule has 0 radical (unpaired) electrons. The molecule has 8 atom stereocenters. The molecule has 0 aromatic heterocycles. The minimum absolute atomic E-state index is 0.283. The molecule has 0 aliphatic rings. The maximum atomic E-state index is 12.8. The van der Waals surface area contributed by atoms with Gasteiger partial charge in [-0.2, -0.15) is 0 Å². The molecule has 0 saturated heterocycles. The lowest BCUT2D eigenvalue weighted by Crippen LogP contribution is -2.36. The van der Waals surface area contributed by atoms with Gasteiger partial charge in [0.05, 0.1) is 30.3 Å². The maximum Gasteiger partial charge on any atom is 0.334 e. The zero-order valence-electron chi connectivity index (χ0n) is 28.1. The van der Waals surface area contributed by atoms with Gasteiger partial charge in [0.25, 0.3) is 0 Å². The fourth-order valence-electron chi connectivity index (χ4n) is 5.09. The number of Topliss-reactive ketones (excluding diaryl/α,β-unsaturated/α-hetero) is 1. The molecule has 0 rings (SSSR count). The number of aliphatic carboxylic acids is 3. The third-order valence-corrected chi connectivity index (χ3v) is 8.48. The Morgan fingerprint density at radius 2 is 1.35 bits per heavy atom. The van der Waals surface area contributed by atoms with Gasteiger partial charge in [-0.1, -0.05) is 52.3 Å². The molecule has 12 heteroatoms. The van der Waals surface area contributed by atoms with Crippen LogP contribution in [0.15, 0.2) is 34.9 Å². The van der Waals surface area contributed by atoms with Gasteiger partial charge in [0.2, 0.25) is 0 Å². The summed E-state index contributed by atoms with van der Waals surface area (Å²) in [7, 11) is 0. The lowest BCUT2D eigenvalue weighted by molar-refractivity contribution is -0.154. The average molecular weight is 655 g/mol. The van der Waals surface area contributed by atoms with Crippen molar-refractivity contribution in [3.63, 3.8) is 0 Å². The first kappa shape index (κ1) is 42.6. The Kier molecular flexibility index (Phi) is 19.9. The van der Waals surface area contributed by atoms with Crippen molar-refractivity contribution in [2.45, 2.75) is 124 Å².